The smallest absolute Gasteiger partial charge is 0.312 e. The lowest BCUT2D eigenvalue weighted by Gasteiger charge is -2.39. The van der Waals surface area contributed by atoms with Gasteiger partial charge in [0.1, 0.15) is 6.10 Å². The van der Waals surface area contributed by atoms with Crippen molar-refractivity contribution in [3.05, 3.63) is 0 Å². The van der Waals surface area contributed by atoms with Gasteiger partial charge in [-0.15, -0.1) is 0 Å². The molecule has 2 aliphatic heterocycles. The number of esters is 4. The molecule has 0 N–H and O–H groups in total. The number of rotatable bonds is 8. The van der Waals surface area contributed by atoms with Gasteiger partial charge in [0, 0.05) is 19.8 Å². The second kappa shape index (κ2) is 11.8. The van der Waals surface area contributed by atoms with Gasteiger partial charge in [-0.25, -0.2) is 0 Å². The largest absolute Gasteiger partial charge is 0.462 e. The third-order valence-corrected chi connectivity index (χ3v) is 13.2. The van der Waals surface area contributed by atoms with Crippen LogP contribution in [-0.4, -0.2) is 48.7 Å². The van der Waals surface area contributed by atoms with Crippen LogP contribution in [0.3, 0.4) is 0 Å². The maximum absolute atomic E-state index is 13.4. The summed E-state index contributed by atoms with van der Waals surface area (Å²) in [6, 6.07) is 0. The SMILES string of the molecule is CC(=O)OC1CCCCO1.CCC(CC(C)(C)C(=O)OC1CC2CC1C1C3CCC(C3)C21)C(=O)OC12CC3CC(C(=O)O1)C2C3. The number of hydrogen-bond acceptors (Lipinski definition) is 9. The van der Waals surface area contributed by atoms with E-state index in [1.807, 2.05) is 20.8 Å². The van der Waals surface area contributed by atoms with Crippen LogP contribution in [0.25, 0.3) is 0 Å². The van der Waals surface area contributed by atoms with E-state index >= 15 is 0 Å². The third-order valence-electron chi connectivity index (χ3n) is 13.2. The monoisotopic (exact) mass is 628 g/mol. The van der Waals surface area contributed by atoms with Gasteiger partial charge in [-0.1, -0.05) is 6.92 Å². The summed E-state index contributed by atoms with van der Waals surface area (Å²) < 4.78 is 27.9. The molecule has 0 spiro atoms. The molecule has 0 aromatic rings. The average Bonchev–Trinajstić information content (AvgIpc) is 3.84. The van der Waals surface area contributed by atoms with Gasteiger partial charge in [0.05, 0.1) is 29.8 Å². The molecule has 250 valence electrons. The van der Waals surface area contributed by atoms with Crippen molar-refractivity contribution < 1.29 is 42.9 Å². The molecule has 13 unspecified atom stereocenters. The first-order valence-electron chi connectivity index (χ1n) is 17.9. The van der Waals surface area contributed by atoms with Crippen molar-refractivity contribution in [2.24, 2.45) is 64.6 Å². The van der Waals surface area contributed by atoms with E-state index in [9.17, 15) is 19.2 Å². The van der Waals surface area contributed by atoms with Crippen LogP contribution in [0.4, 0.5) is 0 Å². The summed E-state index contributed by atoms with van der Waals surface area (Å²) in [6.07, 6.45) is 12.7. The highest BCUT2D eigenvalue weighted by molar-refractivity contribution is 5.80. The topological polar surface area (TPSA) is 114 Å². The first-order chi connectivity index (χ1) is 21.5. The Balaban J connectivity index is 0.000000280. The number of ether oxygens (including phenoxy) is 5. The molecular formula is C36H52O9. The Hall–Kier alpha value is -2.16. The lowest BCUT2D eigenvalue weighted by molar-refractivity contribution is -0.226. The Labute approximate surface area is 267 Å². The molecule has 45 heavy (non-hydrogen) atoms. The van der Waals surface area contributed by atoms with Gasteiger partial charge in [0.2, 0.25) is 6.29 Å². The fourth-order valence-corrected chi connectivity index (χ4v) is 11.4. The Morgan fingerprint density at radius 2 is 1.73 bits per heavy atom. The zero-order valence-electron chi connectivity index (χ0n) is 27.5. The van der Waals surface area contributed by atoms with Crippen molar-refractivity contribution in [1.29, 1.82) is 0 Å². The summed E-state index contributed by atoms with van der Waals surface area (Å²) in [5.41, 5.74) is -0.767. The highest BCUT2D eigenvalue weighted by Gasteiger charge is 2.68. The fourth-order valence-electron chi connectivity index (χ4n) is 11.4. The van der Waals surface area contributed by atoms with Crippen LogP contribution in [-0.2, 0) is 42.9 Å². The maximum atomic E-state index is 13.4. The molecule has 2 heterocycles. The first kappa shape index (κ1) is 31.4. The number of carbonyl (C=O) groups is 4. The summed E-state index contributed by atoms with van der Waals surface area (Å²) in [4.78, 5) is 49.4. The van der Waals surface area contributed by atoms with Crippen LogP contribution in [0.1, 0.15) is 111 Å². The van der Waals surface area contributed by atoms with E-state index in [-0.39, 0.29) is 48.1 Å². The van der Waals surface area contributed by atoms with Gasteiger partial charge in [-0.2, -0.15) is 0 Å². The van der Waals surface area contributed by atoms with Crippen molar-refractivity contribution >= 4 is 23.9 Å². The molecule has 9 nitrogen and oxygen atoms in total. The average molecular weight is 629 g/mol. The minimum Gasteiger partial charge on any atom is -0.462 e. The number of hydrogen-bond donors (Lipinski definition) is 0. The van der Waals surface area contributed by atoms with E-state index in [0.29, 0.717) is 31.1 Å². The van der Waals surface area contributed by atoms with Crippen LogP contribution >= 0.6 is 0 Å². The predicted molar refractivity (Wildman–Crippen MR) is 161 cm³/mol. The van der Waals surface area contributed by atoms with Gasteiger partial charge in [0.15, 0.2) is 0 Å². The van der Waals surface area contributed by atoms with Crippen LogP contribution in [0.5, 0.6) is 0 Å². The summed E-state index contributed by atoms with van der Waals surface area (Å²) in [5.74, 6) is 2.65. The second-order valence-corrected chi connectivity index (χ2v) is 16.3. The zero-order valence-corrected chi connectivity index (χ0v) is 27.5. The summed E-state index contributed by atoms with van der Waals surface area (Å²) in [7, 11) is 0. The van der Waals surface area contributed by atoms with Gasteiger partial charge in [0.25, 0.3) is 5.79 Å². The Kier molecular flexibility index (Phi) is 8.26. The van der Waals surface area contributed by atoms with Gasteiger partial charge < -0.3 is 23.7 Å². The maximum Gasteiger partial charge on any atom is 0.312 e. The fraction of sp³-hybridized carbons (Fsp3) is 0.889. The van der Waals surface area contributed by atoms with Crippen molar-refractivity contribution in [2.45, 2.75) is 129 Å². The number of carbonyl (C=O) groups excluding carboxylic acids is 4. The molecule has 8 fully saturated rings. The molecule has 8 rings (SSSR count). The Morgan fingerprint density at radius 1 is 0.956 bits per heavy atom. The first-order valence-corrected chi connectivity index (χ1v) is 17.9. The molecule has 0 radical (unpaired) electrons. The molecule has 13 atom stereocenters. The van der Waals surface area contributed by atoms with E-state index in [1.165, 1.54) is 32.6 Å². The lowest BCUT2D eigenvalue weighted by atomic mass is 9.70. The summed E-state index contributed by atoms with van der Waals surface area (Å²) in [5, 5.41) is 0. The quantitative estimate of drug-likeness (QED) is 0.182. The van der Waals surface area contributed by atoms with E-state index < -0.39 is 17.1 Å². The predicted octanol–water partition coefficient (Wildman–Crippen LogP) is 5.96. The molecule has 6 bridgehead atoms. The van der Waals surface area contributed by atoms with E-state index in [2.05, 4.69) is 0 Å². The van der Waals surface area contributed by atoms with Crippen LogP contribution in [0.2, 0.25) is 0 Å². The minimum absolute atomic E-state index is 0.00639. The van der Waals surface area contributed by atoms with E-state index in [4.69, 9.17) is 23.7 Å². The van der Waals surface area contributed by atoms with E-state index in [1.54, 1.807) is 0 Å². The molecule has 6 saturated carbocycles. The molecule has 9 heteroatoms. The van der Waals surface area contributed by atoms with Gasteiger partial charge in [-0.3, -0.25) is 19.2 Å². The molecular weight excluding hydrogens is 576 g/mol. The molecule has 0 aromatic heterocycles. The van der Waals surface area contributed by atoms with Crippen molar-refractivity contribution in [2.75, 3.05) is 6.61 Å². The summed E-state index contributed by atoms with van der Waals surface area (Å²) >= 11 is 0. The number of fused-ring (bicyclic) bond motifs is 10. The van der Waals surface area contributed by atoms with Crippen molar-refractivity contribution in [3.63, 3.8) is 0 Å². The second-order valence-electron chi connectivity index (χ2n) is 16.3. The normalized spacial score (nSPS) is 43.7. The highest BCUT2D eigenvalue weighted by atomic mass is 16.7. The third kappa shape index (κ3) is 5.61. The van der Waals surface area contributed by atoms with E-state index in [0.717, 1.165) is 74.7 Å². The van der Waals surface area contributed by atoms with Crippen LogP contribution in [0.15, 0.2) is 0 Å². The van der Waals surface area contributed by atoms with Gasteiger partial charge in [-0.05, 0) is 126 Å². The Morgan fingerprint density at radius 3 is 2.42 bits per heavy atom. The standard InChI is InChI=1S/C29H40O6.C7H12O3/c1-4-15(25(30)34-29-12-14-7-19(21(29)8-14)26(31)35-29)13-28(2,3)27(32)33-22-11-18-10-20(22)24-17-6-5-16(9-17)23(18)24;1-6(8)10-7-4-2-3-5-9-7/h14-24H,4-13H2,1-3H3;7H,2-5H2,1H3. The van der Waals surface area contributed by atoms with Crippen LogP contribution < -0.4 is 0 Å². The Bertz CT molecular complexity index is 1190. The lowest BCUT2D eigenvalue weighted by Crippen LogP contribution is -2.43. The van der Waals surface area contributed by atoms with Crippen molar-refractivity contribution in [3.8, 4) is 0 Å². The highest BCUT2D eigenvalue weighted by Crippen LogP contribution is 2.68. The summed E-state index contributed by atoms with van der Waals surface area (Å²) in [6.45, 7) is 7.89. The van der Waals surface area contributed by atoms with Crippen LogP contribution in [0, 0.1) is 64.6 Å². The molecule has 6 aliphatic carbocycles. The zero-order chi connectivity index (χ0) is 31.7. The molecule has 0 aromatic carbocycles. The van der Waals surface area contributed by atoms with Gasteiger partial charge >= 0.3 is 23.9 Å². The van der Waals surface area contributed by atoms with Crippen molar-refractivity contribution in [1.82, 2.24) is 0 Å². The molecule has 8 aliphatic rings. The molecule has 2 saturated heterocycles. The molecule has 0 amide bonds. The minimum atomic E-state index is -1.06.